The van der Waals surface area contributed by atoms with Gasteiger partial charge in [0.15, 0.2) is 0 Å². The third-order valence-electron chi connectivity index (χ3n) is 3.66. The summed E-state index contributed by atoms with van der Waals surface area (Å²) in [5, 5.41) is 10.5. The molecular formula is C15H21N3O. The van der Waals surface area contributed by atoms with E-state index in [-0.39, 0.29) is 12.1 Å². The number of benzene rings is 1. The highest BCUT2D eigenvalue weighted by atomic mass is 16.3. The number of nitrogens with zero attached hydrogens (tertiary/aromatic N) is 2. The number of anilines is 1. The number of aliphatic hydroxyl groups excluding tert-OH is 1. The molecule has 3 N–H and O–H groups in total. The second kappa shape index (κ2) is 5.15. The van der Waals surface area contributed by atoms with Crippen molar-refractivity contribution in [2.75, 3.05) is 19.4 Å². The second-order valence-corrected chi connectivity index (χ2v) is 5.55. The van der Waals surface area contributed by atoms with Crippen LogP contribution in [0.4, 0.5) is 5.82 Å². The van der Waals surface area contributed by atoms with Crippen LogP contribution >= 0.6 is 0 Å². The fraction of sp³-hybridized carbons (Fsp3) is 0.400. The highest BCUT2D eigenvalue weighted by molar-refractivity contribution is 5.81. The van der Waals surface area contributed by atoms with Gasteiger partial charge in [-0.05, 0) is 33.0 Å². The lowest BCUT2D eigenvalue weighted by Crippen LogP contribution is -2.43. The van der Waals surface area contributed by atoms with E-state index in [9.17, 15) is 5.11 Å². The molecule has 0 fully saturated rings. The van der Waals surface area contributed by atoms with Crippen molar-refractivity contribution in [3.8, 4) is 0 Å². The molecule has 0 atom stereocenters. The summed E-state index contributed by atoms with van der Waals surface area (Å²) < 4.78 is 0. The summed E-state index contributed by atoms with van der Waals surface area (Å²) >= 11 is 0. The molecule has 0 spiro atoms. The number of hydrogen-bond acceptors (Lipinski definition) is 4. The molecule has 4 heteroatoms. The van der Waals surface area contributed by atoms with Gasteiger partial charge < -0.3 is 10.8 Å². The van der Waals surface area contributed by atoms with Gasteiger partial charge in [-0.2, -0.15) is 0 Å². The zero-order chi connectivity index (χ0) is 14.0. The van der Waals surface area contributed by atoms with Crippen LogP contribution in [0.1, 0.15) is 19.4 Å². The van der Waals surface area contributed by atoms with E-state index in [0.29, 0.717) is 12.4 Å². The molecular weight excluding hydrogens is 238 g/mol. The molecule has 0 radical (unpaired) electrons. The number of rotatable bonds is 4. The molecule has 1 heterocycles. The van der Waals surface area contributed by atoms with E-state index in [0.717, 1.165) is 16.5 Å². The van der Waals surface area contributed by atoms with Gasteiger partial charge in [-0.15, -0.1) is 0 Å². The van der Waals surface area contributed by atoms with Gasteiger partial charge >= 0.3 is 0 Å². The number of fused-ring (bicyclic) bond motifs is 1. The minimum Gasteiger partial charge on any atom is -0.394 e. The Morgan fingerprint density at radius 2 is 2.00 bits per heavy atom. The van der Waals surface area contributed by atoms with E-state index in [2.05, 4.69) is 16.0 Å². The van der Waals surface area contributed by atoms with E-state index in [1.807, 2.05) is 45.2 Å². The molecule has 0 bridgehead atoms. The zero-order valence-electron chi connectivity index (χ0n) is 11.7. The Morgan fingerprint density at radius 3 is 2.68 bits per heavy atom. The average Bonchev–Trinajstić information content (AvgIpc) is 2.39. The fourth-order valence-electron chi connectivity index (χ4n) is 1.89. The van der Waals surface area contributed by atoms with Crippen LogP contribution < -0.4 is 5.73 Å². The van der Waals surface area contributed by atoms with Crippen molar-refractivity contribution in [3.63, 3.8) is 0 Å². The summed E-state index contributed by atoms with van der Waals surface area (Å²) in [5.74, 6) is 0.555. The molecule has 2 aromatic rings. The first-order valence-electron chi connectivity index (χ1n) is 6.40. The SMILES string of the molecule is CN(Cc1cc2ccccc2nc1N)C(C)(C)CO. The van der Waals surface area contributed by atoms with Crippen molar-refractivity contribution < 1.29 is 5.11 Å². The van der Waals surface area contributed by atoms with Crippen LogP contribution in [0.25, 0.3) is 10.9 Å². The minimum absolute atomic E-state index is 0.102. The van der Waals surface area contributed by atoms with Crippen LogP contribution in [0.3, 0.4) is 0 Å². The molecule has 1 aromatic carbocycles. The van der Waals surface area contributed by atoms with Gasteiger partial charge in [-0.25, -0.2) is 4.98 Å². The van der Waals surface area contributed by atoms with Crippen LogP contribution in [0.5, 0.6) is 0 Å². The average molecular weight is 259 g/mol. The highest BCUT2D eigenvalue weighted by Crippen LogP contribution is 2.22. The molecule has 0 unspecified atom stereocenters. The van der Waals surface area contributed by atoms with Crippen molar-refractivity contribution in [1.29, 1.82) is 0 Å². The third-order valence-corrected chi connectivity index (χ3v) is 3.66. The number of nitrogens with two attached hydrogens (primary N) is 1. The van der Waals surface area contributed by atoms with Crippen LogP contribution in [-0.2, 0) is 6.54 Å². The first-order valence-corrected chi connectivity index (χ1v) is 6.40. The topological polar surface area (TPSA) is 62.4 Å². The lowest BCUT2D eigenvalue weighted by atomic mass is 10.0. The smallest absolute Gasteiger partial charge is 0.128 e. The summed E-state index contributed by atoms with van der Waals surface area (Å²) in [6, 6.07) is 10.0. The van der Waals surface area contributed by atoms with Gasteiger partial charge in [0.25, 0.3) is 0 Å². The minimum atomic E-state index is -0.280. The zero-order valence-corrected chi connectivity index (χ0v) is 11.7. The molecule has 0 aliphatic heterocycles. The van der Waals surface area contributed by atoms with E-state index in [4.69, 9.17) is 5.73 Å². The lowest BCUT2D eigenvalue weighted by Gasteiger charge is -2.34. The summed E-state index contributed by atoms with van der Waals surface area (Å²) in [6.45, 7) is 4.76. The third kappa shape index (κ3) is 2.85. The van der Waals surface area contributed by atoms with Gasteiger partial charge in [0.05, 0.1) is 12.1 Å². The van der Waals surface area contributed by atoms with E-state index in [1.54, 1.807) is 0 Å². The number of aliphatic hydroxyl groups is 1. The van der Waals surface area contributed by atoms with Crippen molar-refractivity contribution in [2.45, 2.75) is 25.9 Å². The monoisotopic (exact) mass is 259 g/mol. The molecule has 2 rings (SSSR count). The number of nitrogen functional groups attached to an aromatic ring is 1. The molecule has 1 aromatic heterocycles. The second-order valence-electron chi connectivity index (χ2n) is 5.55. The maximum Gasteiger partial charge on any atom is 0.128 e. The van der Waals surface area contributed by atoms with Gasteiger partial charge in [0.2, 0.25) is 0 Å². The van der Waals surface area contributed by atoms with Crippen LogP contribution in [0, 0.1) is 0 Å². The van der Waals surface area contributed by atoms with Gasteiger partial charge in [0.1, 0.15) is 5.82 Å². The summed E-state index contributed by atoms with van der Waals surface area (Å²) in [5.41, 5.74) is 7.64. The Balaban J connectivity index is 2.33. The van der Waals surface area contributed by atoms with Crippen LogP contribution in [0.15, 0.2) is 30.3 Å². The number of aromatic nitrogens is 1. The Bertz CT molecular complexity index is 581. The molecule has 19 heavy (non-hydrogen) atoms. The molecule has 0 aliphatic rings. The largest absolute Gasteiger partial charge is 0.394 e. The van der Waals surface area contributed by atoms with Crippen molar-refractivity contribution >= 4 is 16.7 Å². The van der Waals surface area contributed by atoms with E-state index < -0.39 is 0 Å². The summed E-state index contributed by atoms with van der Waals surface area (Å²) in [6.07, 6.45) is 0. The predicted octanol–water partition coefficient (Wildman–Crippen LogP) is 2.02. The van der Waals surface area contributed by atoms with Gasteiger partial charge in [-0.3, -0.25) is 4.90 Å². The Morgan fingerprint density at radius 1 is 1.32 bits per heavy atom. The molecule has 0 aliphatic carbocycles. The maximum absolute atomic E-state index is 9.39. The molecule has 102 valence electrons. The molecule has 0 saturated carbocycles. The van der Waals surface area contributed by atoms with Gasteiger partial charge in [-0.1, -0.05) is 18.2 Å². The summed E-state index contributed by atoms with van der Waals surface area (Å²) in [7, 11) is 1.98. The fourth-order valence-corrected chi connectivity index (χ4v) is 1.89. The quantitative estimate of drug-likeness (QED) is 0.882. The first kappa shape index (κ1) is 13.8. The van der Waals surface area contributed by atoms with Crippen LogP contribution in [-0.4, -0.2) is 34.2 Å². The molecule has 4 nitrogen and oxygen atoms in total. The number of pyridine rings is 1. The van der Waals surface area contributed by atoms with Crippen molar-refractivity contribution in [2.24, 2.45) is 0 Å². The van der Waals surface area contributed by atoms with Gasteiger partial charge in [0, 0.05) is 23.0 Å². The van der Waals surface area contributed by atoms with E-state index >= 15 is 0 Å². The number of hydrogen-bond donors (Lipinski definition) is 2. The standard InChI is InChI=1S/C15H21N3O/c1-15(2,10-19)18(3)9-12-8-11-6-4-5-7-13(11)17-14(12)16/h4-8,19H,9-10H2,1-3H3,(H2,16,17). The van der Waals surface area contributed by atoms with E-state index in [1.165, 1.54) is 0 Å². The van der Waals surface area contributed by atoms with Crippen molar-refractivity contribution in [1.82, 2.24) is 9.88 Å². The Labute approximate surface area is 113 Å². The first-order chi connectivity index (χ1) is 8.94. The molecule has 0 saturated heterocycles. The number of likely N-dealkylation sites (N-methyl/N-ethyl adjacent to an activating group) is 1. The molecule has 0 amide bonds. The highest BCUT2D eigenvalue weighted by Gasteiger charge is 2.23. The Kier molecular flexibility index (Phi) is 3.73. The maximum atomic E-state index is 9.39. The summed E-state index contributed by atoms with van der Waals surface area (Å²) in [4.78, 5) is 6.50. The van der Waals surface area contributed by atoms with Crippen molar-refractivity contribution in [3.05, 3.63) is 35.9 Å². The van der Waals surface area contributed by atoms with Crippen LogP contribution in [0.2, 0.25) is 0 Å². The predicted molar refractivity (Wildman–Crippen MR) is 78.8 cm³/mol. The Hall–Kier alpha value is -1.65. The normalized spacial score (nSPS) is 12.3. The number of para-hydroxylation sites is 1. The lowest BCUT2D eigenvalue weighted by molar-refractivity contribution is 0.0735.